The Morgan fingerprint density at radius 3 is 2.03 bits per heavy atom. The first kappa shape index (κ1) is 38.9. The molecule has 3 aromatic heterocycles. The van der Waals surface area contributed by atoms with Crippen LogP contribution in [0.4, 0.5) is 11.4 Å². The molecule has 0 amide bonds. The number of rotatable bonds is 3. The van der Waals surface area contributed by atoms with Gasteiger partial charge in [-0.1, -0.05) is 129 Å². The van der Waals surface area contributed by atoms with E-state index in [1.54, 1.807) is 0 Å². The van der Waals surface area contributed by atoms with Crippen LogP contribution in [0.2, 0.25) is 0 Å². The molecule has 10 aromatic rings. The van der Waals surface area contributed by atoms with Crippen molar-refractivity contribution in [1.29, 1.82) is 0 Å². The topological polar surface area (TPSA) is 30.1 Å². The summed E-state index contributed by atoms with van der Waals surface area (Å²) >= 11 is 1.97. The first-order chi connectivity index (χ1) is 30.0. The average molecular weight is 839 g/mol. The molecular formula is C58H55BN2OS. The summed E-state index contributed by atoms with van der Waals surface area (Å²) < 4.78 is 12.0. The molecule has 312 valence electrons. The van der Waals surface area contributed by atoms with Crippen molar-refractivity contribution in [2.75, 3.05) is 5.32 Å². The van der Waals surface area contributed by atoms with Gasteiger partial charge >= 0.3 is 0 Å². The third-order valence-electron chi connectivity index (χ3n) is 15.0. The molecule has 7 aromatic carbocycles. The maximum absolute atomic E-state index is 6.63. The summed E-state index contributed by atoms with van der Waals surface area (Å²) in [6.45, 7) is 23.7. The maximum atomic E-state index is 6.63. The summed E-state index contributed by atoms with van der Waals surface area (Å²) in [7, 11) is 0.798. The highest BCUT2D eigenvalue weighted by molar-refractivity contribution is 7.26. The van der Waals surface area contributed by atoms with Gasteiger partial charge in [-0.3, -0.25) is 0 Å². The van der Waals surface area contributed by atoms with Crippen LogP contribution in [0.1, 0.15) is 104 Å². The summed E-state index contributed by atoms with van der Waals surface area (Å²) in [6.07, 6.45) is 2.32. The Kier molecular flexibility index (Phi) is 7.97. The van der Waals surface area contributed by atoms with Crippen molar-refractivity contribution in [2.45, 2.75) is 104 Å². The van der Waals surface area contributed by atoms with Crippen molar-refractivity contribution in [2.24, 2.45) is 0 Å². The third kappa shape index (κ3) is 5.71. The Labute approximate surface area is 375 Å². The van der Waals surface area contributed by atoms with Crippen molar-refractivity contribution in [3.63, 3.8) is 0 Å². The summed E-state index contributed by atoms with van der Waals surface area (Å²) in [5, 5.41) is 11.8. The Hall–Kier alpha value is -5.78. The fourth-order valence-electron chi connectivity index (χ4n) is 11.2. The second-order valence-corrected chi connectivity index (χ2v) is 23.2. The minimum absolute atomic E-state index is 0.00343. The van der Waals surface area contributed by atoms with Gasteiger partial charge in [-0.2, -0.15) is 0 Å². The molecule has 1 aliphatic carbocycles. The summed E-state index contributed by atoms with van der Waals surface area (Å²) in [4.78, 5) is 0. The van der Waals surface area contributed by atoms with E-state index < -0.39 is 0 Å². The third-order valence-corrected chi connectivity index (χ3v) is 16.2. The molecule has 5 heteroatoms. The lowest BCUT2D eigenvalue weighted by Gasteiger charge is -2.42. The van der Waals surface area contributed by atoms with Crippen LogP contribution in [0.15, 0.2) is 120 Å². The zero-order chi connectivity index (χ0) is 43.5. The highest BCUT2D eigenvalue weighted by Crippen LogP contribution is 2.53. The number of aromatic nitrogens is 1. The Balaban J connectivity index is 1.25. The van der Waals surface area contributed by atoms with Gasteiger partial charge < -0.3 is 14.3 Å². The highest BCUT2D eigenvalue weighted by Gasteiger charge is 2.39. The largest absolute Gasteiger partial charge is 0.456 e. The number of benzene rings is 7. The van der Waals surface area contributed by atoms with Crippen LogP contribution in [-0.2, 0) is 21.7 Å². The van der Waals surface area contributed by atoms with E-state index in [1.807, 2.05) is 11.3 Å². The molecule has 0 radical (unpaired) electrons. The van der Waals surface area contributed by atoms with Gasteiger partial charge in [-0.25, -0.2) is 0 Å². The second kappa shape index (κ2) is 12.9. The normalized spacial score (nSPS) is 15.7. The van der Waals surface area contributed by atoms with Crippen LogP contribution in [0.5, 0.6) is 0 Å². The van der Waals surface area contributed by atoms with Crippen LogP contribution < -0.4 is 16.2 Å². The minimum Gasteiger partial charge on any atom is -0.456 e. The first-order valence-corrected chi connectivity index (χ1v) is 23.7. The van der Waals surface area contributed by atoms with Gasteiger partial charge in [-0.05, 0) is 128 Å². The molecule has 0 saturated carbocycles. The van der Waals surface area contributed by atoms with E-state index >= 15 is 0 Å². The SMILES string of the molecule is CC(C)(C)c1ccc(Nc2cc3c(cc2-c2c4c5c(c6cc(C(C)(C)C)ccc6n5-c5cc6c(cc5B4)oc4ccccc46)c4c2sc2ccccc24)C(C)(C)CCC3(C)C)cc1. The highest BCUT2D eigenvalue weighted by atomic mass is 32.1. The number of thiophene rings is 1. The van der Waals surface area contributed by atoms with Gasteiger partial charge in [0.15, 0.2) is 7.28 Å². The second-order valence-electron chi connectivity index (χ2n) is 22.1. The van der Waals surface area contributed by atoms with Gasteiger partial charge in [0.1, 0.15) is 11.2 Å². The Bertz CT molecular complexity index is 3580. The zero-order valence-electron chi connectivity index (χ0n) is 38.4. The lowest BCUT2D eigenvalue weighted by molar-refractivity contribution is 0.332. The molecule has 0 saturated heterocycles. The van der Waals surface area contributed by atoms with Crippen molar-refractivity contribution in [3.05, 3.63) is 138 Å². The summed E-state index contributed by atoms with van der Waals surface area (Å²) in [5.74, 6) is 0. The molecule has 0 bridgehead atoms. The van der Waals surface area contributed by atoms with Crippen LogP contribution in [0, 0.1) is 0 Å². The van der Waals surface area contributed by atoms with Gasteiger partial charge in [0.25, 0.3) is 0 Å². The Morgan fingerprint density at radius 2 is 1.30 bits per heavy atom. The van der Waals surface area contributed by atoms with E-state index in [-0.39, 0.29) is 21.7 Å². The van der Waals surface area contributed by atoms with Gasteiger partial charge in [0, 0.05) is 69.9 Å². The first-order valence-electron chi connectivity index (χ1n) is 22.9. The smallest absolute Gasteiger partial charge is 0.198 e. The van der Waals surface area contributed by atoms with E-state index in [2.05, 4.69) is 194 Å². The van der Waals surface area contributed by atoms with E-state index in [0.29, 0.717) is 0 Å². The maximum Gasteiger partial charge on any atom is 0.198 e. The number of nitrogens with zero attached hydrogens (tertiary/aromatic N) is 1. The minimum atomic E-state index is -0.00343. The number of fused-ring (bicyclic) bond motifs is 13. The molecule has 0 fully saturated rings. The van der Waals surface area contributed by atoms with Crippen LogP contribution in [0.25, 0.3) is 80.7 Å². The predicted octanol–water partition coefficient (Wildman–Crippen LogP) is 15.1. The van der Waals surface area contributed by atoms with E-state index in [4.69, 9.17) is 4.42 Å². The number of anilines is 2. The molecule has 1 aliphatic heterocycles. The quantitative estimate of drug-likeness (QED) is 0.180. The molecule has 0 unspecified atom stereocenters. The zero-order valence-corrected chi connectivity index (χ0v) is 39.2. The monoisotopic (exact) mass is 838 g/mol. The van der Waals surface area contributed by atoms with Gasteiger partial charge in [-0.15, -0.1) is 11.3 Å². The van der Waals surface area contributed by atoms with Crippen molar-refractivity contribution < 1.29 is 4.42 Å². The van der Waals surface area contributed by atoms with Gasteiger partial charge in [0.05, 0.1) is 5.52 Å². The van der Waals surface area contributed by atoms with Gasteiger partial charge in [0.2, 0.25) is 0 Å². The van der Waals surface area contributed by atoms with Crippen LogP contribution >= 0.6 is 11.3 Å². The predicted molar refractivity (Wildman–Crippen MR) is 275 cm³/mol. The van der Waals surface area contributed by atoms with Crippen molar-refractivity contribution in [3.8, 4) is 16.8 Å². The Morgan fingerprint density at radius 1 is 0.635 bits per heavy atom. The summed E-state index contributed by atoms with van der Waals surface area (Å²) in [6, 6.07) is 44.0. The van der Waals surface area contributed by atoms with Crippen LogP contribution in [-0.4, -0.2) is 11.8 Å². The molecular weight excluding hydrogens is 784 g/mol. The number of hydrogen-bond donors (Lipinski definition) is 1. The fourth-order valence-corrected chi connectivity index (χ4v) is 12.5. The van der Waals surface area contributed by atoms with Crippen molar-refractivity contribution >= 4 is 105 Å². The number of nitrogens with one attached hydrogen (secondary N) is 1. The lowest BCUT2D eigenvalue weighted by Crippen LogP contribution is -2.37. The fraction of sp³-hybridized carbons (Fsp3) is 0.276. The molecule has 1 N–H and O–H groups in total. The standard InChI is InChI=1S/C58H55BN2OS/c1-55(2,3)32-19-22-34(23-20-32)60-43-30-41-40(57(7,8)25-26-58(41,9)10)28-38(43)51-52-53-49(50-36-16-12-14-18-48(36)63-54(50)51)39-27-33(56(4,5)6)21-24-44(39)61(53)45-29-37-35-15-11-13-17-46(35)62-47(37)31-42(45)59-52/h11-24,27-31,59-60H,25-26H2,1-10H3. The van der Waals surface area contributed by atoms with E-state index in [0.717, 1.165) is 42.4 Å². The molecule has 4 heterocycles. The molecule has 12 rings (SSSR count). The molecule has 2 aliphatic rings. The number of hydrogen-bond acceptors (Lipinski definition) is 3. The molecule has 63 heavy (non-hydrogen) atoms. The van der Waals surface area contributed by atoms with E-state index in [1.165, 1.54) is 103 Å². The molecule has 0 spiro atoms. The molecule has 0 atom stereocenters. The lowest BCUT2D eigenvalue weighted by atomic mass is 9.58. The summed E-state index contributed by atoms with van der Waals surface area (Å²) in [5.41, 5.74) is 19.1. The van der Waals surface area contributed by atoms with E-state index in [9.17, 15) is 0 Å². The average Bonchev–Trinajstić information content (AvgIpc) is 3.91. The number of para-hydroxylation sites is 1. The number of furan rings is 1. The molecule has 3 nitrogen and oxygen atoms in total. The van der Waals surface area contributed by atoms with Crippen LogP contribution in [0.3, 0.4) is 0 Å². The van der Waals surface area contributed by atoms with Crippen molar-refractivity contribution in [1.82, 2.24) is 4.57 Å².